The molecule has 11 atom stereocenters. The van der Waals surface area contributed by atoms with E-state index < -0.39 is 51.3 Å². The highest BCUT2D eigenvalue weighted by molar-refractivity contribution is 5.81. The van der Waals surface area contributed by atoms with E-state index in [4.69, 9.17) is 37.9 Å². The van der Waals surface area contributed by atoms with Crippen LogP contribution >= 0.6 is 0 Å². The summed E-state index contributed by atoms with van der Waals surface area (Å²) in [5.74, 6) is 1.51. The highest BCUT2D eigenvalue weighted by atomic mass is 16.6. The third-order valence-electron chi connectivity index (χ3n) is 24.5. The van der Waals surface area contributed by atoms with Crippen LogP contribution in [0.1, 0.15) is 243 Å². The van der Waals surface area contributed by atoms with Crippen LogP contribution < -0.4 is 0 Å². The number of carbonyl (C=O) groups is 8. The van der Waals surface area contributed by atoms with Crippen LogP contribution in [0, 0.1) is 87.8 Å². The van der Waals surface area contributed by atoms with Crippen molar-refractivity contribution in [3.8, 4) is 0 Å². The molecule has 11 unspecified atom stereocenters. The quantitative estimate of drug-likeness (QED) is 0.0579. The molecule has 16 bridgehead atoms. The number of rotatable bonds is 22. The van der Waals surface area contributed by atoms with E-state index in [0.717, 1.165) is 135 Å². The molecule has 92 heavy (non-hydrogen) atoms. The van der Waals surface area contributed by atoms with E-state index in [0.29, 0.717) is 54.8 Å². The lowest BCUT2D eigenvalue weighted by molar-refractivity contribution is -0.228. The Kier molecular flexibility index (Phi) is 22.5. The summed E-state index contributed by atoms with van der Waals surface area (Å²) in [6.07, 6.45) is 21.1. The molecule has 20 heteroatoms. The van der Waals surface area contributed by atoms with Crippen molar-refractivity contribution < 1.29 is 96.7 Å². The van der Waals surface area contributed by atoms with Crippen LogP contribution in [0.5, 0.6) is 0 Å². The Bertz CT molecular complexity index is 2600. The molecule has 0 heterocycles. The molecule has 0 radical (unpaired) electrons. The molecule has 520 valence electrons. The molecule has 16 aliphatic rings. The Labute approximate surface area is 545 Å². The monoisotopic (exact) mass is 1300 g/mol. The average Bonchev–Trinajstić information content (AvgIpc) is 0.762. The van der Waals surface area contributed by atoms with Gasteiger partial charge >= 0.3 is 47.8 Å². The fraction of sp³-hybridized carbons (Fsp3) is 0.889. The fourth-order valence-electron chi connectivity index (χ4n) is 19.6. The van der Waals surface area contributed by atoms with E-state index in [1.807, 2.05) is 41.5 Å². The van der Waals surface area contributed by atoms with Crippen LogP contribution in [0.15, 0.2) is 0 Å². The Morgan fingerprint density at radius 2 is 0.772 bits per heavy atom. The molecular weight excluding hydrogens is 1180 g/mol. The van der Waals surface area contributed by atoms with Gasteiger partial charge < -0.3 is 58.3 Å². The van der Waals surface area contributed by atoms with E-state index in [9.17, 15) is 58.8 Å². The second-order valence-corrected chi connectivity index (χ2v) is 32.7. The highest BCUT2D eigenvalue weighted by Crippen LogP contribution is 2.61. The Balaban J connectivity index is 0.000000145. The van der Waals surface area contributed by atoms with Gasteiger partial charge in [0.25, 0.3) is 0 Å². The minimum Gasteiger partial charge on any atom is -0.465 e. The number of aliphatic hydroxyl groups is 4. The first-order valence-corrected chi connectivity index (χ1v) is 35.6. The first-order valence-electron chi connectivity index (χ1n) is 35.6. The van der Waals surface area contributed by atoms with Crippen molar-refractivity contribution in [1.29, 1.82) is 0 Å². The summed E-state index contributed by atoms with van der Waals surface area (Å²) in [6, 6.07) is 0. The standard InChI is InChI=1S/4C18H28O5/c1-4-16(2,3)15(20)22-10-14(19)23-18-8-12-5-13(9-18)7-17(21,6-12)11-18;1-4-17(2,3)16(21)22-10-14(19)23-18-7-11-5-12(8-18)15(20)13(6-11)9-18;1-3-11(2)17(21)22-5-4-15(19)23-18-9-12-6-13(10-18)8-14(7-12)16(18)20;1-3-11(2)17(21)22-5-4-15(19)23-18-8-12-6-13(9-18)16(20)14(7-12)10-18/h12-13,21H,4-11H2,1-3H3;11-13,15,20H,4-10H2,1-3H3;2*11-14,16,20H,3-10H2,1-2H3. The molecule has 0 aromatic heterocycles. The molecule has 16 fully saturated rings. The predicted octanol–water partition coefficient (Wildman–Crippen LogP) is 9.94. The molecule has 16 rings (SSSR count). The summed E-state index contributed by atoms with van der Waals surface area (Å²) in [4.78, 5) is 95.8. The molecule has 4 N–H and O–H groups in total. The van der Waals surface area contributed by atoms with Crippen LogP contribution in [0.2, 0.25) is 0 Å². The summed E-state index contributed by atoms with van der Waals surface area (Å²) in [5.41, 5.74) is -3.84. The Morgan fingerprint density at radius 3 is 1.16 bits per heavy atom. The molecule has 0 amide bonds. The van der Waals surface area contributed by atoms with Gasteiger partial charge in [-0.1, -0.05) is 41.5 Å². The van der Waals surface area contributed by atoms with Crippen LogP contribution in [0.4, 0.5) is 0 Å². The zero-order valence-corrected chi connectivity index (χ0v) is 57.0. The summed E-state index contributed by atoms with van der Waals surface area (Å²) in [6.45, 7) is 18.0. The Hall–Kier alpha value is -4.40. The maximum Gasteiger partial charge on any atom is 0.344 e. The fourth-order valence-corrected chi connectivity index (χ4v) is 19.6. The largest absolute Gasteiger partial charge is 0.465 e. The zero-order chi connectivity index (χ0) is 66.9. The number of hydrogen-bond donors (Lipinski definition) is 4. The number of carbonyl (C=O) groups excluding carboxylic acids is 8. The van der Waals surface area contributed by atoms with Crippen molar-refractivity contribution in [1.82, 2.24) is 0 Å². The van der Waals surface area contributed by atoms with Gasteiger partial charge in [-0.15, -0.1) is 0 Å². The lowest BCUT2D eigenvalue weighted by Crippen LogP contribution is -2.62. The summed E-state index contributed by atoms with van der Waals surface area (Å²) >= 11 is 0. The maximum absolute atomic E-state index is 12.2. The molecule has 20 nitrogen and oxygen atoms in total. The van der Waals surface area contributed by atoms with Crippen molar-refractivity contribution in [2.24, 2.45) is 87.8 Å². The van der Waals surface area contributed by atoms with Gasteiger partial charge in [0.05, 0.1) is 59.4 Å². The van der Waals surface area contributed by atoms with Crippen LogP contribution in [-0.4, -0.2) is 141 Å². The van der Waals surface area contributed by atoms with Crippen LogP contribution in [0.25, 0.3) is 0 Å². The van der Waals surface area contributed by atoms with Crippen molar-refractivity contribution >= 4 is 47.8 Å². The Morgan fingerprint density at radius 1 is 0.424 bits per heavy atom. The van der Waals surface area contributed by atoms with Gasteiger partial charge in [0.1, 0.15) is 35.6 Å². The molecule has 0 aromatic rings. The van der Waals surface area contributed by atoms with Crippen LogP contribution in [0.3, 0.4) is 0 Å². The van der Waals surface area contributed by atoms with E-state index in [1.165, 1.54) is 6.42 Å². The third-order valence-corrected chi connectivity index (χ3v) is 24.5. The molecule has 0 saturated heterocycles. The lowest BCUT2D eigenvalue weighted by Gasteiger charge is -2.59. The maximum atomic E-state index is 12.2. The van der Waals surface area contributed by atoms with E-state index in [-0.39, 0.29) is 134 Å². The molecule has 0 aliphatic heterocycles. The van der Waals surface area contributed by atoms with Crippen molar-refractivity contribution in [3.05, 3.63) is 0 Å². The number of ether oxygens (including phenoxy) is 8. The van der Waals surface area contributed by atoms with Crippen molar-refractivity contribution in [2.75, 3.05) is 26.4 Å². The van der Waals surface area contributed by atoms with Gasteiger partial charge in [-0.2, -0.15) is 0 Å². The normalized spacial score (nSPS) is 38.8. The van der Waals surface area contributed by atoms with Crippen LogP contribution in [-0.2, 0) is 76.3 Å². The van der Waals surface area contributed by atoms with Gasteiger partial charge in [-0.25, -0.2) is 9.59 Å². The third kappa shape index (κ3) is 16.7. The van der Waals surface area contributed by atoms with Gasteiger partial charge in [0.15, 0.2) is 13.2 Å². The van der Waals surface area contributed by atoms with E-state index >= 15 is 0 Å². The highest BCUT2D eigenvalue weighted by Gasteiger charge is 2.62. The molecule has 16 aliphatic carbocycles. The first kappa shape index (κ1) is 71.9. The van der Waals surface area contributed by atoms with Gasteiger partial charge in [-0.05, 0) is 247 Å². The lowest BCUT2D eigenvalue weighted by atomic mass is 9.52. The van der Waals surface area contributed by atoms with Gasteiger partial charge in [0.2, 0.25) is 0 Å². The minimum atomic E-state index is -0.674. The minimum absolute atomic E-state index is 0.0600. The first-order chi connectivity index (χ1) is 43.3. The van der Waals surface area contributed by atoms with E-state index in [1.54, 1.807) is 27.7 Å². The number of esters is 8. The smallest absolute Gasteiger partial charge is 0.344 e. The summed E-state index contributed by atoms with van der Waals surface area (Å²) in [5, 5.41) is 41.8. The molecule has 16 saturated carbocycles. The van der Waals surface area contributed by atoms with E-state index in [2.05, 4.69) is 0 Å². The molecule has 0 aromatic carbocycles. The zero-order valence-electron chi connectivity index (χ0n) is 57.0. The number of aliphatic hydroxyl groups excluding tert-OH is 3. The summed E-state index contributed by atoms with van der Waals surface area (Å²) < 4.78 is 43.6. The van der Waals surface area contributed by atoms with Crippen molar-refractivity contribution in [2.45, 2.75) is 289 Å². The SMILES string of the molecule is CCC(C)(C)C(=O)OCC(=O)OC12CC3CC(C1)C(O)C(C3)C2.CCC(C)(C)C(=O)OCC(=O)OC12CC3CC(CC(O)(C3)C1)C2.CCC(C)C(=O)OCCC(=O)OC12CC3CC(C1)C(O)C(C3)C2.CCC(C)C(=O)OCCC(=O)OC12CC3CC(CC(C3)C1O)C2. The van der Waals surface area contributed by atoms with Gasteiger partial charge in [-0.3, -0.25) is 28.8 Å². The predicted molar refractivity (Wildman–Crippen MR) is 334 cm³/mol. The molecular formula is C72H112O20. The number of hydrogen-bond acceptors (Lipinski definition) is 20. The topological polar surface area (TPSA) is 291 Å². The summed E-state index contributed by atoms with van der Waals surface area (Å²) in [7, 11) is 0. The average molecular weight is 1300 g/mol. The van der Waals surface area contributed by atoms with Gasteiger partial charge in [0, 0.05) is 6.42 Å². The second kappa shape index (κ2) is 28.7. The second-order valence-electron chi connectivity index (χ2n) is 32.7. The molecule has 0 spiro atoms. The van der Waals surface area contributed by atoms with Crippen molar-refractivity contribution in [3.63, 3.8) is 0 Å².